The minimum Gasteiger partial charge on any atom is -0.481 e. The van der Waals surface area contributed by atoms with Crippen molar-refractivity contribution in [3.05, 3.63) is 12.2 Å². The van der Waals surface area contributed by atoms with Gasteiger partial charge < -0.3 is 10.2 Å². The van der Waals surface area contributed by atoms with Gasteiger partial charge in [0, 0.05) is 0 Å². The van der Waals surface area contributed by atoms with E-state index in [9.17, 15) is 19.2 Å². The fourth-order valence-electron chi connectivity index (χ4n) is 2.59. The lowest BCUT2D eigenvalue weighted by Gasteiger charge is -2.21. The SMILES string of the molecule is O=C(O)CC(C(=O)O)N1C(=O)C2CC=CCC2C1=O. The molecule has 1 aliphatic heterocycles. The van der Waals surface area contributed by atoms with Crippen molar-refractivity contribution in [1.29, 1.82) is 0 Å². The highest BCUT2D eigenvalue weighted by Crippen LogP contribution is 2.36. The third-order valence-electron chi connectivity index (χ3n) is 3.51. The van der Waals surface area contributed by atoms with Crippen molar-refractivity contribution in [1.82, 2.24) is 4.90 Å². The Morgan fingerprint density at radius 2 is 1.63 bits per heavy atom. The van der Waals surface area contributed by atoms with Crippen molar-refractivity contribution >= 4 is 23.8 Å². The van der Waals surface area contributed by atoms with Gasteiger partial charge in [-0.05, 0) is 12.8 Å². The molecule has 3 unspecified atom stereocenters. The molecule has 0 aromatic rings. The summed E-state index contributed by atoms with van der Waals surface area (Å²) in [5.74, 6) is -5.08. The number of carboxylic acids is 2. The molecule has 7 heteroatoms. The largest absolute Gasteiger partial charge is 0.481 e. The van der Waals surface area contributed by atoms with Crippen LogP contribution in [0.1, 0.15) is 19.3 Å². The average molecular weight is 267 g/mol. The van der Waals surface area contributed by atoms with Crippen LogP contribution in [0, 0.1) is 11.8 Å². The maximum Gasteiger partial charge on any atom is 0.327 e. The molecule has 3 atom stereocenters. The number of hydrogen-bond donors (Lipinski definition) is 2. The summed E-state index contributed by atoms with van der Waals surface area (Å²) in [6.45, 7) is 0. The van der Waals surface area contributed by atoms with E-state index in [-0.39, 0.29) is 0 Å². The normalized spacial score (nSPS) is 27.3. The van der Waals surface area contributed by atoms with Crippen molar-refractivity contribution in [2.75, 3.05) is 0 Å². The summed E-state index contributed by atoms with van der Waals surface area (Å²) < 4.78 is 0. The van der Waals surface area contributed by atoms with Crippen molar-refractivity contribution in [3.63, 3.8) is 0 Å². The van der Waals surface area contributed by atoms with Crippen LogP contribution in [0.2, 0.25) is 0 Å². The summed E-state index contributed by atoms with van der Waals surface area (Å²) in [5, 5.41) is 17.7. The highest BCUT2D eigenvalue weighted by molar-refractivity contribution is 6.08. The third-order valence-corrected chi connectivity index (χ3v) is 3.51. The van der Waals surface area contributed by atoms with Crippen LogP contribution in [-0.2, 0) is 19.2 Å². The van der Waals surface area contributed by atoms with Gasteiger partial charge in [-0.2, -0.15) is 0 Å². The summed E-state index contributed by atoms with van der Waals surface area (Å²) in [5.41, 5.74) is 0. The monoisotopic (exact) mass is 267 g/mol. The van der Waals surface area contributed by atoms with Crippen LogP contribution in [0.25, 0.3) is 0 Å². The smallest absolute Gasteiger partial charge is 0.327 e. The number of aliphatic carboxylic acids is 2. The first-order chi connectivity index (χ1) is 8.93. The zero-order valence-corrected chi connectivity index (χ0v) is 9.98. The lowest BCUT2D eigenvalue weighted by molar-refractivity contribution is -0.158. The van der Waals surface area contributed by atoms with Gasteiger partial charge in [0.05, 0.1) is 18.3 Å². The number of rotatable bonds is 4. The molecule has 0 saturated carbocycles. The van der Waals surface area contributed by atoms with Gasteiger partial charge in [-0.25, -0.2) is 4.79 Å². The predicted molar refractivity (Wildman–Crippen MR) is 60.9 cm³/mol. The molecule has 0 spiro atoms. The van der Waals surface area contributed by atoms with Crippen molar-refractivity contribution < 1.29 is 29.4 Å². The van der Waals surface area contributed by atoms with Gasteiger partial charge in [-0.15, -0.1) is 0 Å². The number of hydrogen-bond acceptors (Lipinski definition) is 4. The molecule has 1 saturated heterocycles. The van der Waals surface area contributed by atoms with Gasteiger partial charge in [0.15, 0.2) is 0 Å². The van der Waals surface area contributed by atoms with Gasteiger partial charge in [0.2, 0.25) is 11.8 Å². The average Bonchev–Trinajstić information content (AvgIpc) is 2.60. The minimum atomic E-state index is -1.62. The quantitative estimate of drug-likeness (QED) is 0.542. The van der Waals surface area contributed by atoms with Crippen molar-refractivity contribution in [3.8, 4) is 0 Å². The van der Waals surface area contributed by atoms with Gasteiger partial charge >= 0.3 is 11.9 Å². The second-order valence-electron chi connectivity index (χ2n) is 4.65. The van der Waals surface area contributed by atoms with Crippen LogP contribution < -0.4 is 0 Å². The third kappa shape index (κ3) is 2.23. The molecular formula is C12H13NO6. The number of carbonyl (C=O) groups excluding carboxylic acids is 2. The number of allylic oxidation sites excluding steroid dienone is 2. The number of nitrogens with zero attached hydrogens (tertiary/aromatic N) is 1. The molecule has 7 nitrogen and oxygen atoms in total. The van der Waals surface area contributed by atoms with E-state index in [4.69, 9.17) is 10.2 Å². The van der Waals surface area contributed by atoms with E-state index < -0.39 is 48.1 Å². The van der Waals surface area contributed by atoms with E-state index in [1.54, 1.807) is 12.2 Å². The molecule has 102 valence electrons. The number of imide groups is 1. The molecular weight excluding hydrogens is 254 g/mol. The van der Waals surface area contributed by atoms with Crippen LogP contribution in [0.3, 0.4) is 0 Å². The Morgan fingerprint density at radius 1 is 1.16 bits per heavy atom. The fraction of sp³-hybridized carbons (Fsp3) is 0.500. The summed E-state index contributed by atoms with van der Waals surface area (Å²) in [6, 6.07) is -1.62. The Labute approximate surface area is 108 Å². The zero-order chi connectivity index (χ0) is 14.2. The van der Waals surface area contributed by atoms with Crippen LogP contribution in [-0.4, -0.2) is 44.9 Å². The lowest BCUT2D eigenvalue weighted by Crippen LogP contribution is -2.46. The number of carbonyl (C=O) groups is 4. The molecule has 0 aromatic heterocycles. The van der Waals surface area contributed by atoms with Gasteiger partial charge in [-0.3, -0.25) is 19.3 Å². The molecule has 2 aliphatic rings. The predicted octanol–water partition coefficient (Wildman–Crippen LogP) is -0.134. The molecule has 0 aromatic carbocycles. The van der Waals surface area contributed by atoms with E-state index in [0.29, 0.717) is 17.7 Å². The molecule has 2 rings (SSSR count). The Kier molecular flexibility index (Phi) is 3.37. The molecule has 2 amide bonds. The summed E-state index contributed by atoms with van der Waals surface area (Å²) in [7, 11) is 0. The van der Waals surface area contributed by atoms with E-state index in [2.05, 4.69) is 0 Å². The standard InChI is InChI=1S/C12H13NO6/c14-9(15)5-8(12(18)19)13-10(16)6-3-1-2-4-7(6)11(13)17/h1-2,6-8H,3-5H2,(H,14,15)(H,18,19). The maximum absolute atomic E-state index is 12.1. The first-order valence-electron chi connectivity index (χ1n) is 5.90. The molecule has 19 heavy (non-hydrogen) atoms. The van der Waals surface area contributed by atoms with E-state index in [0.717, 1.165) is 0 Å². The van der Waals surface area contributed by atoms with Crippen molar-refractivity contribution in [2.24, 2.45) is 11.8 Å². The van der Waals surface area contributed by atoms with E-state index in [1.807, 2.05) is 0 Å². The second-order valence-corrected chi connectivity index (χ2v) is 4.65. The Bertz CT molecular complexity index is 457. The number of fused-ring (bicyclic) bond motifs is 1. The molecule has 1 heterocycles. The first kappa shape index (κ1) is 13.3. The van der Waals surface area contributed by atoms with Crippen LogP contribution in [0.4, 0.5) is 0 Å². The van der Waals surface area contributed by atoms with Crippen LogP contribution in [0.15, 0.2) is 12.2 Å². The minimum absolute atomic E-state index is 0.394. The zero-order valence-electron chi connectivity index (χ0n) is 9.98. The maximum atomic E-state index is 12.1. The molecule has 0 bridgehead atoms. The lowest BCUT2D eigenvalue weighted by atomic mass is 9.85. The van der Waals surface area contributed by atoms with Gasteiger partial charge in [-0.1, -0.05) is 12.2 Å². The number of likely N-dealkylation sites (tertiary alicyclic amines) is 1. The Balaban J connectivity index is 2.28. The van der Waals surface area contributed by atoms with Gasteiger partial charge in [0.1, 0.15) is 6.04 Å². The van der Waals surface area contributed by atoms with Crippen LogP contribution >= 0.6 is 0 Å². The summed E-state index contributed by atoms with van der Waals surface area (Å²) in [4.78, 5) is 46.6. The molecule has 2 N–H and O–H groups in total. The Morgan fingerprint density at radius 3 is 2.00 bits per heavy atom. The second kappa shape index (κ2) is 4.83. The molecule has 1 fully saturated rings. The van der Waals surface area contributed by atoms with Crippen LogP contribution in [0.5, 0.6) is 0 Å². The van der Waals surface area contributed by atoms with E-state index >= 15 is 0 Å². The van der Waals surface area contributed by atoms with E-state index in [1.165, 1.54) is 0 Å². The topological polar surface area (TPSA) is 112 Å². The first-order valence-corrected chi connectivity index (χ1v) is 5.90. The fourth-order valence-corrected chi connectivity index (χ4v) is 2.59. The summed E-state index contributed by atoms with van der Waals surface area (Å²) in [6.07, 6.45) is 3.57. The highest BCUT2D eigenvalue weighted by atomic mass is 16.4. The Hall–Kier alpha value is -2.18. The number of amides is 2. The van der Waals surface area contributed by atoms with Crippen molar-refractivity contribution in [2.45, 2.75) is 25.3 Å². The summed E-state index contributed by atoms with van der Waals surface area (Å²) >= 11 is 0. The van der Waals surface area contributed by atoms with Gasteiger partial charge in [0.25, 0.3) is 0 Å². The molecule has 0 radical (unpaired) electrons. The highest BCUT2D eigenvalue weighted by Gasteiger charge is 2.51. The molecule has 1 aliphatic carbocycles. The number of carboxylic acid groups (broad SMARTS) is 2.